The van der Waals surface area contributed by atoms with Crippen molar-refractivity contribution < 1.29 is 9.85 Å². The largest absolute Gasteiger partial charge is 0.369 e. The van der Waals surface area contributed by atoms with Gasteiger partial charge in [0.25, 0.3) is 11.4 Å². The summed E-state index contributed by atoms with van der Waals surface area (Å²) in [6.07, 6.45) is 3.12. The van der Waals surface area contributed by atoms with Gasteiger partial charge < -0.3 is 5.73 Å². The molecule has 0 unspecified atom stereocenters. The van der Waals surface area contributed by atoms with Crippen molar-refractivity contribution >= 4 is 28.4 Å². The summed E-state index contributed by atoms with van der Waals surface area (Å²) in [5.74, 6) is -0.0165. The second kappa shape index (κ2) is 6.39. The molecule has 11 nitrogen and oxygen atoms in total. The van der Waals surface area contributed by atoms with Crippen molar-refractivity contribution in [3.8, 4) is 17.1 Å². The Morgan fingerprint density at radius 3 is 2.46 bits per heavy atom. The fraction of sp³-hybridized carbons (Fsp3) is 0. The summed E-state index contributed by atoms with van der Waals surface area (Å²) in [4.78, 5) is 34.0. The summed E-state index contributed by atoms with van der Waals surface area (Å²) < 4.78 is 1.37. The van der Waals surface area contributed by atoms with Gasteiger partial charge in [-0.2, -0.15) is 0 Å². The molecule has 28 heavy (non-hydrogen) atoms. The van der Waals surface area contributed by atoms with E-state index < -0.39 is 21.2 Å². The highest BCUT2D eigenvalue weighted by Gasteiger charge is 2.24. The Labute approximate surface area is 156 Å². The molecule has 0 radical (unpaired) electrons. The van der Waals surface area contributed by atoms with Crippen LogP contribution in [-0.4, -0.2) is 29.4 Å². The van der Waals surface area contributed by atoms with Crippen LogP contribution in [0.5, 0.6) is 0 Å². The molecule has 11 heteroatoms. The van der Waals surface area contributed by atoms with E-state index in [1.54, 1.807) is 30.5 Å². The molecule has 0 aliphatic rings. The smallest absolute Gasteiger partial charge is 0.300 e. The highest BCUT2D eigenvalue weighted by molar-refractivity contribution is 5.92. The summed E-state index contributed by atoms with van der Waals surface area (Å²) in [7, 11) is 0. The van der Waals surface area contributed by atoms with Gasteiger partial charge in [0, 0.05) is 18.5 Å². The maximum Gasteiger partial charge on any atom is 0.300 e. The molecule has 3 heterocycles. The van der Waals surface area contributed by atoms with Crippen LogP contribution >= 0.6 is 0 Å². The number of fused-ring (bicyclic) bond motifs is 1. The standard InChI is InChI=1S/C17H11N7O4/c18-17-21-16-13(6-8-20-15(16)11-3-1-2-7-19-11)22(17)12-5-4-10(23(25)26)9-14(12)24(27)28/h1-9H,(H2,18,21). The molecule has 3 aromatic heterocycles. The van der Waals surface area contributed by atoms with Gasteiger partial charge in [0.2, 0.25) is 5.95 Å². The fourth-order valence-corrected chi connectivity index (χ4v) is 2.93. The van der Waals surface area contributed by atoms with Gasteiger partial charge in [-0.1, -0.05) is 6.07 Å². The highest BCUT2D eigenvalue weighted by atomic mass is 16.6. The lowest BCUT2D eigenvalue weighted by atomic mass is 10.2. The van der Waals surface area contributed by atoms with Gasteiger partial charge in [-0.15, -0.1) is 0 Å². The minimum absolute atomic E-state index is 0.0165. The lowest BCUT2D eigenvalue weighted by Gasteiger charge is -2.07. The lowest BCUT2D eigenvalue weighted by molar-refractivity contribution is -0.394. The predicted molar refractivity (Wildman–Crippen MR) is 99.8 cm³/mol. The molecule has 0 saturated carbocycles. The maximum absolute atomic E-state index is 11.5. The number of nitrogens with two attached hydrogens (primary N) is 1. The Kier molecular flexibility index (Phi) is 3.89. The van der Waals surface area contributed by atoms with E-state index in [2.05, 4.69) is 15.0 Å². The topological polar surface area (TPSA) is 156 Å². The molecule has 0 aliphatic heterocycles. The number of nitro benzene ring substituents is 2. The van der Waals surface area contributed by atoms with E-state index in [1.165, 1.54) is 22.9 Å². The van der Waals surface area contributed by atoms with Gasteiger partial charge in [0.05, 0.1) is 27.1 Å². The first-order valence-corrected chi connectivity index (χ1v) is 7.95. The monoisotopic (exact) mass is 377 g/mol. The molecule has 4 rings (SSSR count). The van der Waals surface area contributed by atoms with E-state index in [1.807, 2.05) is 0 Å². The minimum atomic E-state index is -0.700. The van der Waals surface area contributed by atoms with Crippen molar-refractivity contribution in [2.45, 2.75) is 0 Å². The van der Waals surface area contributed by atoms with Gasteiger partial charge >= 0.3 is 0 Å². The van der Waals surface area contributed by atoms with Gasteiger partial charge in [-0.05, 0) is 24.3 Å². The first-order chi connectivity index (χ1) is 13.5. The molecule has 0 amide bonds. The Balaban J connectivity index is 2.00. The number of non-ortho nitro benzene ring substituents is 1. The van der Waals surface area contributed by atoms with E-state index >= 15 is 0 Å². The summed E-state index contributed by atoms with van der Waals surface area (Å²) in [5.41, 5.74) is 7.16. The van der Waals surface area contributed by atoms with Crippen LogP contribution in [0.15, 0.2) is 54.9 Å². The van der Waals surface area contributed by atoms with Crippen LogP contribution < -0.4 is 5.73 Å². The third-order valence-corrected chi connectivity index (χ3v) is 4.11. The highest BCUT2D eigenvalue weighted by Crippen LogP contribution is 2.34. The van der Waals surface area contributed by atoms with Crippen molar-refractivity contribution in [2.75, 3.05) is 5.73 Å². The number of pyridine rings is 2. The van der Waals surface area contributed by atoms with Crippen LogP contribution in [0.4, 0.5) is 17.3 Å². The average molecular weight is 377 g/mol. The zero-order valence-corrected chi connectivity index (χ0v) is 14.1. The van der Waals surface area contributed by atoms with Crippen molar-refractivity contribution in [1.82, 2.24) is 19.5 Å². The van der Waals surface area contributed by atoms with Crippen molar-refractivity contribution in [1.29, 1.82) is 0 Å². The molecule has 0 fully saturated rings. The number of nitrogens with zero attached hydrogens (tertiary/aromatic N) is 6. The average Bonchev–Trinajstić information content (AvgIpc) is 3.03. The molecule has 2 N–H and O–H groups in total. The molecular weight excluding hydrogens is 366 g/mol. The number of anilines is 1. The zero-order chi connectivity index (χ0) is 19.8. The third kappa shape index (κ3) is 2.67. The third-order valence-electron chi connectivity index (χ3n) is 4.11. The summed E-state index contributed by atoms with van der Waals surface area (Å²) in [5, 5.41) is 22.5. The normalized spacial score (nSPS) is 10.9. The van der Waals surface area contributed by atoms with E-state index in [-0.39, 0.29) is 11.6 Å². The second-order valence-electron chi connectivity index (χ2n) is 5.73. The quantitative estimate of drug-likeness (QED) is 0.420. The van der Waals surface area contributed by atoms with Crippen LogP contribution in [0.3, 0.4) is 0 Å². The first kappa shape index (κ1) is 17.0. The predicted octanol–water partition coefficient (Wildman–Crippen LogP) is 2.88. The van der Waals surface area contributed by atoms with Crippen LogP contribution in [0.25, 0.3) is 28.1 Å². The van der Waals surface area contributed by atoms with Gasteiger partial charge in [-0.25, -0.2) is 4.98 Å². The first-order valence-electron chi connectivity index (χ1n) is 7.95. The maximum atomic E-state index is 11.5. The number of rotatable bonds is 4. The van der Waals surface area contributed by atoms with E-state index in [0.29, 0.717) is 22.4 Å². The Morgan fingerprint density at radius 2 is 1.79 bits per heavy atom. The number of nitrogen functional groups attached to an aromatic ring is 1. The van der Waals surface area contributed by atoms with Gasteiger partial charge in [-0.3, -0.25) is 34.8 Å². The molecular formula is C17H11N7O4. The Bertz CT molecular complexity index is 1240. The van der Waals surface area contributed by atoms with E-state index in [9.17, 15) is 20.2 Å². The number of hydrogen-bond acceptors (Lipinski definition) is 8. The fourth-order valence-electron chi connectivity index (χ4n) is 2.93. The van der Waals surface area contributed by atoms with Crippen molar-refractivity contribution in [3.63, 3.8) is 0 Å². The molecule has 0 spiro atoms. The molecule has 0 atom stereocenters. The van der Waals surface area contributed by atoms with Gasteiger partial charge in [0.1, 0.15) is 16.9 Å². The second-order valence-corrected chi connectivity index (χ2v) is 5.73. The Morgan fingerprint density at radius 1 is 0.964 bits per heavy atom. The molecule has 1 aromatic carbocycles. The van der Waals surface area contributed by atoms with Crippen molar-refractivity contribution in [3.05, 3.63) is 75.1 Å². The van der Waals surface area contributed by atoms with Crippen LogP contribution in [0, 0.1) is 20.2 Å². The van der Waals surface area contributed by atoms with E-state index in [4.69, 9.17) is 5.73 Å². The molecule has 0 bridgehead atoms. The SMILES string of the molecule is Nc1nc2c(-c3ccccn3)nccc2n1-c1ccc([N+](=O)[O-])cc1[N+](=O)[O-]. The molecule has 138 valence electrons. The summed E-state index contributed by atoms with van der Waals surface area (Å²) >= 11 is 0. The van der Waals surface area contributed by atoms with Gasteiger partial charge in [0.15, 0.2) is 0 Å². The van der Waals surface area contributed by atoms with E-state index in [0.717, 1.165) is 6.07 Å². The number of nitro groups is 2. The minimum Gasteiger partial charge on any atom is -0.369 e. The molecule has 0 aliphatic carbocycles. The number of hydrogen-bond donors (Lipinski definition) is 1. The number of imidazole rings is 1. The number of aromatic nitrogens is 4. The van der Waals surface area contributed by atoms with Crippen LogP contribution in [0.1, 0.15) is 0 Å². The van der Waals surface area contributed by atoms with Crippen LogP contribution in [-0.2, 0) is 0 Å². The molecule has 4 aromatic rings. The van der Waals surface area contributed by atoms with Crippen molar-refractivity contribution in [2.24, 2.45) is 0 Å². The Hall–Kier alpha value is -4.41. The summed E-state index contributed by atoms with van der Waals surface area (Å²) in [6, 6.07) is 10.3. The molecule has 0 saturated heterocycles. The van der Waals surface area contributed by atoms with Crippen LogP contribution in [0.2, 0.25) is 0 Å². The number of benzene rings is 1. The lowest BCUT2D eigenvalue weighted by Crippen LogP contribution is -2.05. The summed E-state index contributed by atoms with van der Waals surface area (Å²) in [6.45, 7) is 0. The zero-order valence-electron chi connectivity index (χ0n) is 14.1.